The Labute approximate surface area is 263 Å². The summed E-state index contributed by atoms with van der Waals surface area (Å²) in [6.07, 6.45) is -3.99. The highest BCUT2D eigenvalue weighted by molar-refractivity contribution is 5.96. The van der Waals surface area contributed by atoms with E-state index < -0.39 is 66.4 Å². The van der Waals surface area contributed by atoms with Crippen molar-refractivity contribution in [1.82, 2.24) is 20.5 Å². The molecule has 0 saturated heterocycles. The minimum Gasteiger partial charge on any atom is -0.394 e. The van der Waals surface area contributed by atoms with Gasteiger partial charge in [-0.15, -0.1) is 0 Å². The van der Waals surface area contributed by atoms with Crippen LogP contribution in [0.1, 0.15) is 23.1 Å². The molecule has 3 rings (SSSR count). The molecule has 0 bridgehead atoms. The van der Waals surface area contributed by atoms with Gasteiger partial charge in [0.2, 0.25) is 17.7 Å². The van der Waals surface area contributed by atoms with Gasteiger partial charge in [-0.25, -0.2) is 0 Å². The second kappa shape index (κ2) is 16.7. The number of nitrogens with two attached hydrogens (primary N) is 3. The summed E-state index contributed by atoms with van der Waals surface area (Å²) in [7, 11) is 0. The number of amides is 3. The standard InChI is InChI=1S/C31H38F3N7O5/c32-31(33,34)22-7-5-19(6-8-22)14-25(27(43)15-20-13-21-3-1-2-4-24(21)38-17-20)39-30(46)26(40-29(45)23(37)18-42)16-28(44)41(11-9-35)12-10-36/h1-8,13,17,23,25-26,42H,9-12,14-16,18,35-37H2,(H,39,46)(H,40,45)/t23-,25+,26+/m1/s1. The van der Waals surface area contributed by atoms with Gasteiger partial charge < -0.3 is 37.8 Å². The second-order valence-electron chi connectivity index (χ2n) is 10.7. The predicted octanol–water partition coefficient (Wildman–Crippen LogP) is 0.0332. The Morgan fingerprint density at radius 3 is 2.13 bits per heavy atom. The van der Waals surface area contributed by atoms with E-state index >= 15 is 0 Å². The van der Waals surface area contributed by atoms with Gasteiger partial charge in [0.15, 0.2) is 5.78 Å². The number of nitrogens with one attached hydrogen (secondary N) is 2. The number of aromatic nitrogens is 1. The fourth-order valence-corrected chi connectivity index (χ4v) is 4.67. The van der Waals surface area contributed by atoms with E-state index in [0.717, 1.165) is 17.5 Å². The number of benzene rings is 2. The Kier molecular flexibility index (Phi) is 13.1. The number of hydrogen-bond acceptors (Lipinski definition) is 9. The first-order valence-corrected chi connectivity index (χ1v) is 14.5. The smallest absolute Gasteiger partial charge is 0.394 e. The van der Waals surface area contributed by atoms with Gasteiger partial charge in [-0.1, -0.05) is 30.3 Å². The first-order chi connectivity index (χ1) is 21.9. The molecule has 0 aliphatic carbocycles. The van der Waals surface area contributed by atoms with Gasteiger partial charge in [-0.05, 0) is 41.8 Å². The summed E-state index contributed by atoms with van der Waals surface area (Å²) in [5.41, 5.74) is 17.5. The van der Waals surface area contributed by atoms with Crippen LogP contribution in [0, 0.1) is 0 Å². The number of aliphatic hydroxyl groups is 1. The van der Waals surface area contributed by atoms with Crippen LogP contribution in [-0.2, 0) is 38.2 Å². The molecule has 9 N–H and O–H groups in total. The third-order valence-electron chi connectivity index (χ3n) is 7.15. The van der Waals surface area contributed by atoms with Crippen molar-refractivity contribution in [3.63, 3.8) is 0 Å². The van der Waals surface area contributed by atoms with Gasteiger partial charge in [0.1, 0.15) is 12.1 Å². The van der Waals surface area contributed by atoms with Crippen molar-refractivity contribution in [3.8, 4) is 0 Å². The highest BCUT2D eigenvalue weighted by atomic mass is 19.4. The van der Waals surface area contributed by atoms with Gasteiger partial charge in [0.25, 0.3) is 0 Å². The maximum Gasteiger partial charge on any atom is 0.416 e. The van der Waals surface area contributed by atoms with Crippen LogP contribution in [-0.4, -0.2) is 89.4 Å². The van der Waals surface area contributed by atoms with Crippen LogP contribution >= 0.6 is 0 Å². The summed E-state index contributed by atoms with van der Waals surface area (Å²) < 4.78 is 39.4. The fourth-order valence-electron chi connectivity index (χ4n) is 4.67. The summed E-state index contributed by atoms with van der Waals surface area (Å²) in [6.45, 7) is -0.266. The molecule has 0 fully saturated rings. The monoisotopic (exact) mass is 645 g/mol. The van der Waals surface area contributed by atoms with Crippen molar-refractivity contribution in [2.45, 2.75) is 43.6 Å². The molecular formula is C31H38F3N7O5. The minimum absolute atomic E-state index is 0.109. The number of Topliss-reactive ketones (excluding diaryl/α,β-unsaturated/α-hetero) is 1. The normalized spacial score (nSPS) is 13.5. The molecule has 3 atom stereocenters. The molecule has 3 aromatic rings. The van der Waals surface area contributed by atoms with Crippen molar-refractivity contribution < 1.29 is 37.5 Å². The van der Waals surface area contributed by atoms with Crippen LogP contribution in [0.4, 0.5) is 13.2 Å². The Bertz CT molecular complexity index is 1500. The van der Waals surface area contributed by atoms with Gasteiger partial charge in [0, 0.05) is 44.2 Å². The molecule has 0 unspecified atom stereocenters. The second-order valence-corrected chi connectivity index (χ2v) is 10.7. The molecule has 0 saturated carbocycles. The number of carbonyl (C=O) groups excluding carboxylic acids is 4. The highest BCUT2D eigenvalue weighted by Crippen LogP contribution is 2.29. The SMILES string of the molecule is NCCN(CCN)C(=O)C[C@H](NC(=O)[C@H](N)CO)C(=O)N[C@@H](Cc1ccc(C(F)(F)F)cc1)C(=O)Cc1cnc2ccccc2c1. The predicted molar refractivity (Wildman–Crippen MR) is 164 cm³/mol. The van der Waals surface area contributed by atoms with Crippen LogP contribution in [0.2, 0.25) is 0 Å². The molecule has 0 aliphatic rings. The van der Waals surface area contributed by atoms with E-state index in [9.17, 15) is 37.5 Å². The minimum atomic E-state index is -4.57. The maximum absolute atomic E-state index is 13.6. The molecule has 0 spiro atoms. The highest BCUT2D eigenvalue weighted by Gasteiger charge is 2.32. The van der Waals surface area contributed by atoms with Crippen LogP contribution in [0.5, 0.6) is 0 Å². The quantitative estimate of drug-likeness (QED) is 0.124. The molecule has 15 heteroatoms. The number of aliphatic hydroxyl groups excluding tert-OH is 1. The maximum atomic E-state index is 13.6. The van der Waals surface area contributed by atoms with E-state index in [1.54, 1.807) is 12.1 Å². The molecule has 0 aliphatic heterocycles. The van der Waals surface area contributed by atoms with Gasteiger partial charge in [0.05, 0.1) is 30.1 Å². The zero-order valence-corrected chi connectivity index (χ0v) is 25.0. The van der Waals surface area contributed by atoms with E-state index in [1.807, 2.05) is 18.2 Å². The van der Waals surface area contributed by atoms with E-state index in [-0.39, 0.29) is 39.0 Å². The van der Waals surface area contributed by atoms with E-state index in [2.05, 4.69) is 15.6 Å². The van der Waals surface area contributed by atoms with E-state index in [4.69, 9.17) is 17.2 Å². The van der Waals surface area contributed by atoms with Crippen LogP contribution in [0.25, 0.3) is 10.9 Å². The Balaban J connectivity index is 1.91. The summed E-state index contributed by atoms with van der Waals surface area (Å²) in [5, 5.41) is 15.0. The van der Waals surface area contributed by atoms with Gasteiger partial charge in [-0.2, -0.15) is 13.2 Å². The van der Waals surface area contributed by atoms with Crippen molar-refractivity contribution in [3.05, 3.63) is 77.5 Å². The summed E-state index contributed by atoms with van der Waals surface area (Å²) in [4.78, 5) is 58.6. The van der Waals surface area contributed by atoms with Gasteiger partial charge in [-0.3, -0.25) is 24.2 Å². The Morgan fingerprint density at radius 2 is 1.52 bits per heavy atom. The number of para-hydroxylation sites is 1. The van der Waals surface area contributed by atoms with Crippen molar-refractivity contribution in [1.29, 1.82) is 0 Å². The van der Waals surface area contributed by atoms with Crippen molar-refractivity contribution in [2.24, 2.45) is 17.2 Å². The molecule has 1 aromatic heterocycles. The number of pyridine rings is 1. The lowest BCUT2D eigenvalue weighted by molar-refractivity contribution is -0.138. The van der Waals surface area contributed by atoms with Crippen LogP contribution in [0.3, 0.4) is 0 Å². The first-order valence-electron chi connectivity index (χ1n) is 14.5. The lowest BCUT2D eigenvalue weighted by Crippen LogP contribution is -2.57. The molecule has 0 radical (unpaired) electrons. The number of nitrogens with zero attached hydrogens (tertiary/aromatic N) is 2. The average Bonchev–Trinajstić information content (AvgIpc) is 3.03. The third kappa shape index (κ3) is 10.3. The number of fused-ring (bicyclic) bond motifs is 1. The summed E-state index contributed by atoms with van der Waals surface area (Å²) in [6, 6.07) is 8.94. The fraction of sp³-hybridized carbons (Fsp3) is 0.387. The zero-order chi connectivity index (χ0) is 33.9. The molecule has 46 heavy (non-hydrogen) atoms. The molecule has 12 nitrogen and oxygen atoms in total. The molecule has 248 valence electrons. The molecular weight excluding hydrogens is 607 g/mol. The summed E-state index contributed by atoms with van der Waals surface area (Å²) in [5.74, 6) is -2.91. The number of carbonyl (C=O) groups is 4. The number of hydrogen-bond donors (Lipinski definition) is 6. The number of rotatable bonds is 16. The van der Waals surface area contributed by atoms with Crippen LogP contribution in [0.15, 0.2) is 60.8 Å². The van der Waals surface area contributed by atoms with E-state index in [1.165, 1.54) is 23.2 Å². The zero-order valence-electron chi connectivity index (χ0n) is 25.0. The van der Waals surface area contributed by atoms with Crippen molar-refractivity contribution >= 4 is 34.4 Å². The van der Waals surface area contributed by atoms with Crippen molar-refractivity contribution in [2.75, 3.05) is 32.8 Å². The number of alkyl halides is 3. The van der Waals surface area contributed by atoms with Crippen LogP contribution < -0.4 is 27.8 Å². The third-order valence-corrected chi connectivity index (χ3v) is 7.15. The average molecular weight is 646 g/mol. The number of ketones is 1. The topological polar surface area (TPSA) is 207 Å². The molecule has 2 aromatic carbocycles. The van der Waals surface area contributed by atoms with Gasteiger partial charge >= 0.3 is 6.18 Å². The lowest BCUT2D eigenvalue weighted by Gasteiger charge is -2.27. The summed E-state index contributed by atoms with van der Waals surface area (Å²) >= 11 is 0. The molecule has 3 amide bonds. The number of halogens is 3. The largest absolute Gasteiger partial charge is 0.416 e. The Morgan fingerprint density at radius 1 is 0.891 bits per heavy atom. The van der Waals surface area contributed by atoms with E-state index in [0.29, 0.717) is 16.6 Å². The molecule has 1 heterocycles. The lowest BCUT2D eigenvalue weighted by atomic mass is 9.96. The first kappa shape index (κ1) is 36.0. The Hall–Kier alpha value is -4.44.